The van der Waals surface area contributed by atoms with E-state index in [0.29, 0.717) is 32.9 Å². The second-order valence-electron chi connectivity index (χ2n) is 9.32. The van der Waals surface area contributed by atoms with Gasteiger partial charge in [0.2, 0.25) is 5.95 Å². The summed E-state index contributed by atoms with van der Waals surface area (Å²) in [5.74, 6) is -0.0136. The molecular weight excluding hydrogens is 527 g/mol. The summed E-state index contributed by atoms with van der Waals surface area (Å²) in [6.45, 7) is 1.63. The lowest BCUT2D eigenvalue weighted by Crippen LogP contribution is -2.36. The van der Waals surface area contributed by atoms with Crippen molar-refractivity contribution in [3.05, 3.63) is 92.1 Å². The molecule has 0 atom stereocenters. The molecule has 1 aliphatic heterocycles. The van der Waals surface area contributed by atoms with Crippen LogP contribution in [0.5, 0.6) is 0 Å². The van der Waals surface area contributed by atoms with Gasteiger partial charge in [-0.2, -0.15) is 18.4 Å². The summed E-state index contributed by atoms with van der Waals surface area (Å²) in [5.41, 5.74) is 1.17. The molecule has 2 aromatic carbocycles. The third-order valence-electron chi connectivity index (χ3n) is 6.74. The largest absolute Gasteiger partial charge is 0.416 e. The number of fused-ring (bicyclic) bond motifs is 1. The highest BCUT2D eigenvalue weighted by atomic mass is 32.1. The van der Waals surface area contributed by atoms with Crippen LogP contribution in [0, 0.1) is 11.3 Å². The summed E-state index contributed by atoms with van der Waals surface area (Å²) in [6, 6.07) is 13.9. The zero-order valence-electron chi connectivity index (χ0n) is 20.8. The number of hydrogen-bond acceptors (Lipinski definition) is 6. The first-order valence-corrected chi connectivity index (χ1v) is 13.3. The average molecular weight is 552 g/mol. The van der Waals surface area contributed by atoms with Gasteiger partial charge in [-0.05, 0) is 48.6 Å². The molecular formula is C28H24F3N5O2S. The van der Waals surface area contributed by atoms with Gasteiger partial charge in [-0.15, -0.1) is 11.3 Å². The van der Waals surface area contributed by atoms with E-state index in [9.17, 15) is 28.0 Å². The van der Waals surface area contributed by atoms with Crippen LogP contribution >= 0.6 is 11.3 Å². The van der Waals surface area contributed by atoms with Crippen molar-refractivity contribution >= 4 is 33.4 Å². The summed E-state index contributed by atoms with van der Waals surface area (Å²) in [5, 5.41) is 13.9. The van der Waals surface area contributed by atoms with Crippen LogP contribution < -0.4 is 15.8 Å². The van der Waals surface area contributed by atoms with Crippen molar-refractivity contribution in [3.8, 4) is 6.07 Å². The number of rotatable bonds is 6. The minimum Gasteiger partial charge on any atom is -0.348 e. The zero-order chi connectivity index (χ0) is 27.6. The molecule has 1 N–H and O–H groups in total. The Bertz CT molecular complexity index is 1610. The second-order valence-corrected chi connectivity index (χ2v) is 10.2. The van der Waals surface area contributed by atoms with E-state index in [4.69, 9.17) is 4.98 Å². The highest BCUT2D eigenvalue weighted by Crippen LogP contribution is 2.29. The van der Waals surface area contributed by atoms with Crippen molar-refractivity contribution in [1.29, 1.82) is 5.26 Å². The molecule has 1 amide bonds. The normalized spacial score (nSPS) is 13.8. The van der Waals surface area contributed by atoms with Gasteiger partial charge in [0.1, 0.15) is 10.2 Å². The maximum Gasteiger partial charge on any atom is 0.416 e. The van der Waals surface area contributed by atoms with E-state index in [2.05, 4.69) is 11.4 Å². The Labute approximate surface area is 226 Å². The first-order chi connectivity index (χ1) is 18.8. The number of nitriles is 1. The summed E-state index contributed by atoms with van der Waals surface area (Å²) < 4.78 is 40.4. The molecule has 3 heterocycles. The van der Waals surface area contributed by atoms with E-state index in [1.165, 1.54) is 12.1 Å². The molecule has 5 rings (SSSR count). The number of hydrogen-bond donors (Lipinski definition) is 1. The molecule has 7 nitrogen and oxygen atoms in total. The molecule has 1 aliphatic rings. The monoisotopic (exact) mass is 551 g/mol. The number of benzene rings is 2. The first kappa shape index (κ1) is 26.4. The van der Waals surface area contributed by atoms with Crippen LogP contribution in [0.4, 0.5) is 19.1 Å². The van der Waals surface area contributed by atoms with Crippen LogP contribution in [-0.4, -0.2) is 28.5 Å². The number of nitrogens with one attached hydrogen (secondary N) is 1. The van der Waals surface area contributed by atoms with E-state index in [0.717, 1.165) is 55.8 Å². The summed E-state index contributed by atoms with van der Waals surface area (Å²) >= 11 is 1.12. The lowest BCUT2D eigenvalue weighted by molar-refractivity contribution is -0.137. The highest BCUT2D eigenvalue weighted by Gasteiger charge is 2.30. The number of amides is 1. The molecule has 1 saturated heterocycles. The Kier molecular flexibility index (Phi) is 7.39. The van der Waals surface area contributed by atoms with Crippen molar-refractivity contribution in [3.63, 3.8) is 0 Å². The first-order valence-electron chi connectivity index (χ1n) is 12.5. The molecule has 0 unspecified atom stereocenters. The third-order valence-corrected chi connectivity index (χ3v) is 7.70. The van der Waals surface area contributed by atoms with Crippen LogP contribution in [-0.2, 0) is 19.3 Å². The summed E-state index contributed by atoms with van der Waals surface area (Å²) in [6.07, 6.45) is -1.45. The Balaban J connectivity index is 1.48. The lowest BCUT2D eigenvalue weighted by atomic mass is 10.1. The van der Waals surface area contributed by atoms with Crippen molar-refractivity contribution < 1.29 is 18.0 Å². The molecule has 0 aliphatic carbocycles. The van der Waals surface area contributed by atoms with E-state index >= 15 is 0 Å². The fourth-order valence-corrected chi connectivity index (χ4v) is 5.59. The van der Waals surface area contributed by atoms with E-state index < -0.39 is 17.6 Å². The number of carbonyl (C=O) groups is 1. The van der Waals surface area contributed by atoms with Gasteiger partial charge >= 0.3 is 6.18 Å². The van der Waals surface area contributed by atoms with Crippen LogP contribution in [0.3, 0.4) is 0 Å². The number of piperidine rings is 1. The van der Waals surface area contributed by atoms with E-state index in [1.807, 2.05) is 17.0 Å². The number of anilines is 1. The van der Waals surface area contributed by atoms with Crippen molar-refractivity contribution in [1.82, 2.24) is 14.9 Å². The van der Waals surface area contributed by atoms with Gasteiger partial charge in [-0.1, -0.05) is 30.3 Å². The van der Waals surface area contributed by atoms with Gasteiger partial charge in [0, 0.05) is 25.0 Å². The van der Waals surface area contributed by atoms with Crippen LogP contribution in [0.25, 0.3) is 10.2 Å². The molecule has 39 heavy (non-hydrogen) atoms. The van der Waals surface area contributed by atoms with Gasteiger partial charge in [-0.25, -0.2) is 4.98 Å². The molecule has 11 heteroatoms. The van der Waals surface area contributed by atoms with Crippen LogP contribution in [0.2, 0.25) is 0 Å². The second kappa shape index (κ2) is 10.9. The fraction of sp³-hybridized carbons (Fsp3) is 0.286. The number of halogens is 3. The minimum absolute atomic E-state index is 0.0231. The predicted molar refractivity (Wildman–Crippen MR) is 143 cm³/mol. The van der Waals surface area contributed by atoms with Crippen molar-refractivity contribution in [2.24, 2.45) is 0 Å². The smallest absolute Gasteiger partial charge is 0.348 e. The number of thiophene rings is 1. The van der Waals surface area contributed by atoms with Gasteiger partial charge in [0.25, 0.3) is 11.5 Å². The number of alkyl halides is 3. The Morgan fingerprint density at radius 2 is 1.79 bits per heavy atom. The SMILES string of the molecule is N#Cc1ccccc1Cn1c(N2CCCCC2)nc2c(C(=O)NCc3ccc(C(F)(F)F)cc3)csc2c1=O. The Morgan fingerprint density at radius 1 is 1.08 bits per heavy atom. The minimum atomic E-state index is -4.43. The van der Waals surface area contributed by atoms with Gasteiger partial charge in [0.15, 0.2) is 0 Å². The Morgan fingerprint density at radius 3 is 2.49 bits per heavy atom. The lowest BCUT2D eigenvalue weighted by Gasteiger charge is -2.29. The molecule has 0 saturated carbocycles. The maximum atomic E-state index is 13.7. The van der Waals surface area contributed by atoms with E-state index in [-0.39, 0.29) is 24.2 Å². The average Bonchev–Trinajstić information content (AvgIpc) is 3.38. The fourth-order valence-electron chi connectivity index (χ4n) is 4.65. The van der Waals surface area contributed by atoms with Crippen molar-refractivity contribution in [2.75, 3.05) is 18.0 Å². The standard InChI is InChI=1S/C28H24F3N5O2S/c29-28(30,31)21-10-8-18(9-11-21)15-33-25(37)22-17-39-24-23(22)34-27(35-12-4-1-5-13-35)36(26(24)38)16-20-7-3-2-6-19(20)14-32/h2-3,6-11,17H,1,4-5,12-13,15-16H2,(H,33,37). The number of aromatic nitrogens is 2. The molecule has 4 aromatic rings. The molecule has 0 spiro atoms. The van der Waals surface area contributed by atoms with Gasteiger partial charge < -0.3 is 10.2 Å². The van der Waals surface area contributed by atoms with Crippen molar-refractivity contribution in [2.45, 2.75) is 38.5 Å². The van der Waals surface area contributed by atoms with E-state index in [1.54, 1.807) is 22.1 Å². The van der Waals surface area contributed by atoms with Gasteiger partial charge in [0.05, 0.1) is 29.3 Å². The summed E-state index contributed by atoms with van der Waals surface area (Å²) in [4.78, 5) is 33.7. The topological polar surface area (TPSA) is 91.0 Å². The quantitative estimate of drug-likeness (QED) is 0.351. The van der Waals surface area contributed by atoms with Crippen LogP contribution in [0.1, 0.15) is 51.9 Å². The maximum absolute atomic E-state index is 13.7. The highest BCUT2D eigenvalue weighted by molar-refractivity contribution is 7.17. The number of carbonyl (C=O) groups excluding carboxylic acids is 1. The zero-order valence-corrected chi connectivity index (χ0v) is 21.6. The Hall–Kier alpha value is -4.17. The molecule has 2 aromatic heterocycles. The molecule has 0 radical (unpaired) electrons. The number of nitrogens with zero attached hydrogens (tertiary/aromatic N) is 4. The molecule has 200 valence electrons. The van der Waals surface area contributed by atoms with Crippen LogP contribution in [0.15, 0.2) is 58.7 Å². The summed E-state index contributed by atoms with van der Waals surface area (Å²) in [7, 11) is 0. The molecule has 1 fully saturated rings. The van der Waals surface area contributed by atoms with Gasteiger partial charge in [-0.3, -0.25) is 14.2 Å². The predicted octanol–water partition coefficient (Wildman–Crippen LogP) is 5.32. The third kappa shape index (κ3) is 5.52. The molecule has 0 bridgehead atoms.